The van der Waals surface area contributed by atoms with Gasteiger partial charge < -0.3 is 14.9 Å². The summed E-state index contributed by atoms with van der Waals surface area (Å²) < 4.78 is 17.2. The Balaban J connectivity index is 2.86. The third-order valence-electron chi connectivity index (χ3n) is 1.96. The van der Waals surface area contributed by atoms with Crippen LogP contribution < -0.4 is 0 Å². The highest BCUT2D eigenvalue weighted by Gasteiger charge is 2.18. The van der Waals surface area contributed by atoms with Crippen molar-refractivity contribution in [3.05, 3.63) is 29.6 Å². The summed E-state index contributed by atoms with van der Waals surface area (Å²) >= 11 is 0. The molecule has 1 atom stereocenters. The molecule has 0 radical (unpaired) electrons. The molecule has 0 saturated heterocycles. The van der Waals surface area contributed by atoms with Gasteiger partial charge in [0, 0.05) is 5.56 Å². The first kappa shape index (κ1) is 11.5. The summed E-state index contributed by atoms with van der Waals surface area (Å²) in [5.74, 6) is -2.11. The predicted molar refractivity (Wildman–Crippen MR) is 49.7 cm³/mol. The van der Waals surface area contributed by atoms with Gasteiger partial charge in [0.05, 0.1) is 19.6 Å². The van der Waals surface area contributed by atoms with E-state index < -0.39 is 23.6 Å². The van der Waals surface area contributed by atoms with E-state index in [4.69, 9.17) is 0 Å². The number of carbonyl (C=O) groups excluding carboxylic acids is 1. The number of ether oxygens (including phenoxy) is 1. The maximum atomic E-state index is 12.9. The van der Waals surface area contributed by atoms with Gasteiger partial charge in [-0.15, -0.1) is 0 Å². The lowest BCUT2D eigenvalue weighted by atomic mass is 10.1. The van der Waals surface area contributed by atoms with Crippen LogP contribution in [0.3, 0.4) is 0 Å². The number of benzene rings is 1. The maximum Gasteiger partial charge on any atom is 0.308 e. The van der Waals surface area contributed by atoms with Gasteiger partial charge in [-0.3, -0.25) is 4.79 Å². The van der Waals surface area contributed by atoms with Crippen molar-refractivity contribution in [1.29, 1.82) is 0 Å². The fraction of sp³-hybridized carbons (Fsp3) is 0.300. The highest BCUT2D eigenvalue weighted by molar-refractivity contribution is 5.70. The molecule has 2 N–H and O–H groups in total. The molecule has 0 unspecified atom stereocenters. The summed E-state index contributed by atoms with van der Waals surface area (Å²) in [4.78, 5) is 10.8. The molecular formula is C10H11FO4. The van der Waals surface area contributed by atoms with E-state index >= 15 is 0 Å². The summed E-state index contributed by atoms with van der Waals surface area (Å²) in [6, 6.07) is 3.74. The monoisotopic (exact) mass is 214 g/mol. The number of aromatic hydroxyl groups is 1. The topological polar surface area (TPSA) is 66.8 Å². The average Bonchev–Trinajstić information content (AvgIpc) is 2.21. The van der Waals surface area contributed by atoms with Crippen LogP contribution in [0.5, 0.6) is 5.75 Å². The molecule has 0 amide bonds. The number of phenolic OH excluding ortho intramolecular Hbond substituents is 1. The molecule has 0 aliphatic heterocycles. The van der Waals surface area contributed by atoms with Gasteiger partial charge in [-0.05, 0) is 6.07 Å². The van der Waals surface area contributed by atoms with E-state index in [9.17, 15) is 19.4 Å². The van der Waals surface area contributed by atoms with E-state index in [0.29, 0.717) is 0 Å². The molecule has 5 heteroatoms. The summed E-state index contributed by atoms with van der Waals surface area (Å²) in [5, 5.41) is 18.8. The van der Waals surface area contributed by atoms with Gasteiger partial charge in [0.2, 0.25) is 0 Å². The van der Waals surface area contributed by atoms with Crippen molar-refractivity contribution in [1.82, 2.24) is 0 Å². The van der Waals surface area contributed by atoms with Gasteiger partial charge in [-0.1, -0.05) is 12.1 Å². The molecule has 0 spiro atoms. The Labute approximate surface area is 85.9 Å². The summed E-state index contributed by atoms with van der Waals surface area (Å²) in [5.41, 5.74) is -0.0274. The lowest BCUT2D eigenvalue weighted by Crippen LogP contribution is -2.08. The lowest BCUT2D eigenvalue weighted by molar-refractivity contribution is -0.142. The molecule has 0 aromatic heterocycles. The number of hydrogen-bond acceptors (Lipinski definition) is 4. The molecule has 0 heterocycles. The van der Waals surface area contributed by atoms with Gasteiger partial charge in [-0.25, -0.2) is 4.39 Å². The van der Waals surface area contributed by atoms with Crippen LogP contribution in [0, 0.1) is 5.82 Å². The molecule has 1 aromatic carbocycles. The van der Waals surface area contributed by atoms with Crippen LogP contribution in [0.4, 0.5) is 4.39 Å². The Kier molecular flexibility index (Phi) is 3.62. The van der Waals surface area contributed by atoms with Crippen LogP contribution >= 0.6 is 0 Å². The Bertz CT molecular complexity index is 364. The molecule has 1 aromatic rings. The van der Waals surface area contributed by atoms with Crippen LogP contribution in [0.25, 0.3) is 0 Å². The number of aliphatic hydroxyl groups is 1. The van der Waals surface area contributed by atoms with E-state index in [-0.39, 0.29) is 12.0 Å². The van der Waals surface area contributed by atoms with Crippen molar-refractivity contribution >= 4 is 5.97 Å². The first-order valence-corrected chi connectivity index (χ1v) is 4.28. The van der Waals surface area contributed by atoms with Crippen LogP contribution in [0.15, 0.2) is 18.2 Å². The Hall–Kier alpha value is -1.62. The second kappa shape index (κ2) is 4.75. The SMILES string of the molecule is COC(=O)C[C@H](O)c1cccc(F)c1O. The number of aliphatic hydroxyl groups excluding tert-OH is 1. The molecule has 0 aliphatic carbocycles. The van der Waals surface area contributed by atoms with E-state index in [0.717, 1.165) is 6.07 Å². The minimum atomic E-state index is -1.27. The lowest BCUT2D eigenvalue weighted by Gasteiger charge is -2.11. The molecule has 15 heavy (non-hydrogen) atoms. The molecule has 0 aliphatic rings. The fourth-order valence-electron chi connectivity index (χ4n) is 1.15. The van der Waals surface area contributed by atoms with E-state index in [1.807, 2.05) is 0 Å². The number of esters is 1. The third-order valence-corrected chi connectivity index (χ3v) is 1.96. The number of carbonyl (C=O) groups is 1. The smallest absolute Gasteiger partial charge is 0.308 e. The summed E-state index contributed by atoms with van der Waals surface area (Å²) in [6.45, 7) is 0. The summed E-state index contributed by atoms with van der Waals surface area (Å²) in [6.07, 6.45) is -1.60. The number of methoxy groups -OCH3 is 1. The first-order chi connectivity index (χ1) is 7.06. The van der Waals surface area contributed by atoms with Gasteiger partial charge in [0.25, 0.3) is 0 Å². The summed E-state index contributed by atoms with van der Waals surface area (Å²) in [7, 11) is 1.18. The zero-order valence-electron chi connectivity index (χ0n) is 8.11. The first-order valence-electron chi connectivity index (χ1n) is 4.28. The molecule has 4 nitrogen and oxygen atoms in total. The molecule has 0 bridgehead atoms. The maximum absolute atomic E-state index is 12.9. The van der Waals surface area contributed by atoms with Crippen LogP contribution in [0.2, 0.25) is 0 Å². The number of hydrogen-bond donors (Lipinski definition) is 2. The van der Waals surface area contributed by atoms with Crippen molar-refractivity contribution in [2.75, 3.05) is 7.11 Å². The predicted octanol–water partition coefficient (Wildman–Crippen LogP) is 1.13. The number of halogens is 1. The van der Waals surface area contributed by atoms with E-state index in [2.05, 4.69) is 4.74 Å². The Morgan fingerprint density at radius 1 is 1.60 bits per heavy atom. The number of rotatable bonds is 3. The second-order valence-corrected chi connectivity index (χ2v) is 2.97. The average molecular weight is 214 g/mol. The standard InChI is InChI=1S/C10H11FO4/c1-15-9(13)5-8(12)6-3-2-4-7(11)10(6)14/h2-4,8,12,14H,5H2,1H3/t8-/m0/s1. The van der Waals surface area contributed by atoms with E-state index in [1.165, 1.54) is 19.2 Å². The zero-order chi connectivity index (χ0) is 11.4. The highest BCUT2D eigenvalue weighted by Crippen LogP contribution is 2.28. The van der Waals surface area contributed by atoms with Gasteiger partial charge >= 0.3 is 5.97 Å². The molecule has 0 saturated carbocycles. The second-order valence-electron chi connectivity index (χ2n) is 2.97. The third kappa shape index (κ3) is 2.66. The van der Waals surface area contributed by atoms with E-state index in [1.54, 1.807) is 0 Å². The highest BCUT2D eigenvalue weighted by atomic mass is 19.1. The fourth-order valence-corrected chi connectivity index (χ4v) is 1.15. The van der Waals surface area contributed by atoms with Crippen LogP contribution in [-0.4, -0.2) is 23.3 Å². The minimum absolute atomic E-state index is 0.0274. The molecular weight excluding hydrogens is 203 g/mol. The minimum Gasteiger partial charge on any atom is -0.505 e. The Morgan fingerprint density at radius 3 is 2.87 bits per heavy atom. The van der Waals surface area contributed by atoms with Crippen molar-refractivity contribution in [2.45, 2.75) is 12.5 Å². The molecule has 1 rings (SSSR count). The van der Waals surface area contributed by atoms with Crippen molar-refractivity contribution in [3.63, 3.8) is 0 Å². The normalized spacial score (nSPS) is 12.2. The Morgan fingerprint density at radius 2 is 2.27 bits per heavy atom. The van der Waals surface area contributed by atoms with Gasteiger partial charge in [0.15, 0.2) is 11.6 Å². The quantitative estimate of drug-likeness (QED) is 0.740. The van der Waals surface area contributed by atoms with Crippen molar-refractivity contribution in [2.24, 2.45) is 0 Å². The van der Waals surface area contributed by atoms with Crippen LogP contribution in [-0.2, 0) is 9.53 Å². The van der Waals surface area contributed by atoms with Gasteiger partial charge in [-0.2, -0.15) is 0 Å². The van der Waals surface area contributed by atoms with Crippen molar-refractivity contribution < 1.29 is 24.1 Å². The number of para-hydroxylation sites is 1. The van der Waals surface area contributed by atoms with Gasteiger partial charge in [0.1, 0.15) is 0 Å². The molecule has 82 valence electrons. The zero-order valence-corrected chi connectivity index (χ0v) is 8.11. The molecule has 0 fully saturated rings. The van der Waals surface area contributed by atoms with Crippen LogP contribution in [0.1, 0.15) is 18.1 Å². The largest absolute Gasteiger partial charge is 0.505 e. The van der Waals surface area contributed by atoms with Crippen molar-refractivity contribution in [3.8, 4) is 5.75 Å². The number of phenols is 1.